The SMILES string of the molecule is Cc1sc2c(c1NC(=O)NSN(c1cnn(C)c1)C1CCN(C)C1)CCC2. The summed E-state index contributed by atoms with van der Waals surface area (Å²) in [6.07, 6.45) is 8.30. The van der Waals surface area contributed by atoms with Crippen molar-refractivity contribution in [3.63, 3.8) is 0 Å². The molecule has 2 amide bonds. The van der Waals surface area contributed by atoms with Crippen LogP contribution < -0.4 is 14.3 Å². The van der Waals surface area contributed by atoms with Gasteiger partial charge in [0.1, 0.15) is 0 Å². The summed E-state index contributed by atoms with van der Waals surface area (Å²) in [5, 5.41) is 7.37. The number of fused-ring (bicyclic) bond motifs is 1. The number of nitrogens with zero attached hydrogens (tertiary/aromatic N) is 4. The highest BCUT2D eigenvalue weighted by atomic mass is 32.2. The summed E-state index contributed by atoms with van der Waals surface area (Å²) in [5.74, 6) is 0. The zero-order valence-electron chi connectivity index (χ0n) is 16.0. The third-order valence-electron chi connectivity index (χ3n) is 5.22. The van der Waals surface area contributed by atoms with Crippen molar-refractivity contribution in [1.29, 1.82) is 0 Å². The summed E-state index contributed by atoms with van der Waals surface area (Å²) >= 11 is 3.16. The topological polar surface area (TPSA) is 65.4 Å². The minimum absolute atomic E-state index is 0.171. The van der Waals surface area contributed by atoms with Crippen LogP contribution in [0.2, 0.25) is 0 Å². The van der Waals surface area contributed by atoms with Crippen molar-refractivity contribution in [2.24, 2.45) is 7.05 Å². The van der Waals surface area contributed by atoms with Crippen LogP contribution in [0.15, 0.2) is 12.4 Å². The summed E-state index contributed by atoms with van der Waals surface area (Å²) < 4.78 is 6.94. The molecule has 0 radical (unpaired) electrons. The molecule has 1 atom stereocenters. The summed E-state index contributed by atoms with van der Waals surface area (Å²) in [6, 6.07) is 0.174. The van der Waals surface area contributed by atoms with Crippen molar-refractivity contribution in [3.8, 4) is 0 Å². The Balaban J connectivity index is 1.42. The first-order valence-electron chi connectivity index (χ1n) is 9.33. The number of aryl methyl sites for hydroxylation is 3. The standard InChI is InChI=1S/C18H26N6OS2/c1-12-17(15-5-4-6-16(15)26-12)20-18(25)21-27-24(13-7-8-22(2)10-13)14-9-19-23(3)11-14/h9,11,13H,4-8,10H2,1-3H3,(H2,20,21,25). The number of nitrogens with one attached hydrogen (secondary N) is 2. The number of thiophene rings is 1. The zero-order chi connectivity index (χ0) is 19.0. The van der Waals surface area contributed by atoms with E-state index in [9.17, 15) is 4.79 Å². The highest BCUT2D eigenvalue weighted by Gasteiger charge is 2.28. The van der Waals surface area contributed by atoms with Crippen molar-refractivity contribution >= 4 is 40.9 Å². The van der Waals surface area contributed by atoms with E-state index in [1.165, 1.54) is 33.9 Å². The highest BCUT2D eigenvalue weighted by molar-refractivity contribution is 7.99. The predicted octanol–water partition coefficient (Wildman–Crippen LogP) is 3.17. The van der Waals surface area contributed by atoms with Gasteiger partial charge in [-0.05, 0) is 51.8 Å². The number of likely N-dealkylation sites (tertiary alicyclic amines) is 1. The van der Waals surface area contributed by atoms with Crippen LogP contribution >= 0.6 is 23.5 Å². The number of amides is 2. The van der Waals surface area contributed by atoms with Gasteiger partial charge in [-0.25, -0.2) is 4.79 Å². The Morgan fingerprint density at radius 1 is 1.41 bits per heavy atom. The second-order valence-corrected chi connectivity index (χ2v) is 9.43. The molecule has 2 aliphatic rings. The number of anilines is 2. The van der Waals surface area contributed by atoms with Gasteiger partial charge in [0, 0.05) is 29.5 Å². The van der Waals surface area contributed by atoms with Crippen LogP contribution in [0.5, 0.6) is 0 Å². The maximum atomic E-state index is 12.6. The van der Waals surface area contributed by atoms with Gasteiger partial charge in [0.05, 0.1) is 35.7 Å². The van der Waals surface area contributed by atoms with E-state index in [4.69, 9.17) is 0 Å². The molecule has 27 heavy (non-hydrogen) atoms. The lowest BCUT2D eigenvalue weighted by molar-refractivity contribution is 0.257. The zero-order valence-corrected chi connectivity index (χ0v) is 17.6. The van der Waals surface area contributed by atoms with Crippen LogP contribution in [-0.4, -0.2) is 46.9 Å². The highest BCUT2D eigenvalue weighted by Crippen LogP contribution is 2.38. The average molecular weight is 407 g/mol. The fraction of sp³-hybridized carbons (Fsp3) is 0.556. The van der Waals surface area contributed by atoms with Crippen LogP contribution in [0, 0.1) is 6.92 Å². The Labute approximate surface area is 168 Å². The smallest absolute Gasteiger partial charge is 0.306 e. The molecule has 1 unspecified atom stereocenters. The Morgan fingerprint density at radius 2 is 2.26 bits per heavy atom. The summed E-state index contributed by atoms with van der Waals surface area (Å²) in [5.41, 5.74) is 3.36. The van der Waals surface area contributed by atoms with Gasteiger partial charge < -0.3 is 10.2 Å². The molecule has 4 rings (SSSR count). The number of carbonyl (C=O) groups excluding carboxylic acids is 1. The molecule has 0 spiro atoms. The third-order valence-corrected chi connectivity index (χ3v) is 7.41. The Morgan fingerprint density at radius 3 is 2.96 bits per heavy atom. The molecule has 0 bridgehead atoms. The first-order valence-corrected chi connectivity index (χ1v) is 10.9. The van der Waals surface area contributed by atoms with Crippen molar-refractivity contribution in [3.05, 3.63) is 27.7 Å². The quantitative estimate of drug-likeness (QED) is 0.747. The maximum absolute atomic E-state index is 12.6. The van der Waals surface area contributed by atoms with E-state index in [1.54, 1.807) is 4.68 Å². The van der Waals surface area contributed by atoms with Crippen molar-refractivity contribution in [2.75, 3.05) is 29.8 Å². The lowest BCUT2D eigenvalue weighted by Gasteiger charge is -2.27. The number of hydrogen-bond acceptors (Lipinski definition) is 6. The first-order chi connectivity index (χ1) is 13.0. The number of hydrogen-bond donors (Lipinski definition) is 2. The van der Waals surface area contributed by atoms with Gasteiger partial charge in [-0.3, -0.25) is 13.7 Å². The second-order valence-electron chi connectivity index (χ2n) is 7.34. The lowest BCUT2D eigenvalue weighted by atomic mass is 10.2. The molecule has 7 nitrogen and oxygen atoms in total. The molecule has 3 heterocycles. The monoisotopic (exact) mass is 406 g/mol. The molecule has 1 saturated heterocycles. The van der Waals surface area contributed by atoms with E-state index in [0.717, 1.165) is 43.7 Å². The minimum atomic E-state index is -0.171. The maximum Gasteiger partial charge on any atom is 0.330 e. The average Bonchev–Trinajstić information content (AvgIpc) is 3.38. The number of carbonyl (C=O) groups is 1. The Kier molecular flexibility index (Phi) is 5.34. The molecule has 2 N–H and O–H groups in total. The number of aromatic nitrogens is 2. The molecule has 0 aromatic carbocycles. The number of urea groups is 1. The van der Waals surface area contributed by atoms with Gasteiger partial charge in [0.25, 0.3) is 0 Å². The largest absolute Gasteiger partial charge is 0.330 e. The van der Waals surface area contributed by atoms with E-state index in [2.05, 4.69) is 38.3 Å². The van der Waals surface area contributed by atoms with Gasteiger partial charge in [0.2, 0.25) is 0 Å². The molecule has 9 heteroatoms. The van der Waals surface area contributed by atoms with Gasteiger partial charge in [-0.2, -0.15) is 5.10 Å². The summed E-state index contributed by atoms with van der Waals surface area (Å²) in [4.78, 5) is 17.5. The molecule has 146 valence electrons. The van der Waals surface area contributed by atoms with Crippen LogP contribution in [0.4, 0.5) is 16.2 Å². The Bertz CT molecular complexity index is 832. The van der Waals surface area contributed by atoms with Crippen molar-refractivity contribution in [2.45, 2.75) is 38.6 Å². The van der Waals surface area contributed by atoms with Crippen LogP contribution in [0.1, 0.15) is 28.2 Å². The normalized spacial score (nSPS) is 19.3. The van der Waals surface area contributed by atoms with Crippen molar-refractivity contribution < 1.29 is 4.79 Å². The number of rotatable bonds is 5. The van der Waals surface area contributed by atoms with E-state index < -0.39 is 0 Å². The van der Waals surface area contributed by atoms with Crippen LogP contribution in [0.3, 0.4) is 0 Å². The van der Waals surface area contributed by atoms with Gasteiger partial charge in [-0.1, -0.05) is 0 Å². The van der Waals surface area contributed by atoms with E-state index in [1.807, 2.05) is 30.8 Å². The first kappa shape index (κ1) is 18.6. The molecule has 0 saturated carbocycles. The van der Waals surface area contributed by atoms with Crippen LogP contribution in [-0.2, 0) is 19.9 Å². The van der Waals surface area contributed by atoms with Gasteiger partial charge in [-0.15, -0.1) is 11.3 Å². The molecule has 2 aromatic rings. The molecule has 1 aliphatic carbocycles. The van der Waals surface area contributed by atoms with Crippen LogP contribution in [0.25, 0.3) is 0 Å². The molecular weight excluding hydrogens is 380 g/mol. The third kappa shape index (κ3) is 3.95. The molecule has 2 aromatic heterocycles. The fourth-order valence-corrected chi connectivity index (χ4v) is 5.87. The Hall–Kier alpha value is -1.71. The summed E-state index contributed by atoms with van der Waals surface area (Å²) in [7, 11) is 4.04. The van der Waals surface area contributed by atoms with Crippen molar-refractivity contribution in [1.82, 2.24) is 19.4 Å². The number of likely N-dealkylation sites (N-methyl/N-ethyl adjacent to an activating group) is 1. The summed E-state index contributed by atoms with van der Waals surface area (Å²) in [6.45, 7) is 4.12. The lowest BCUT2D eigenvalue weighted by Crippen LogP contribution is -2.36. The molecule has 1 fully saturated rings. The molecule has 1 aliphatic heterocycles. The fourth-order valence-electron chi connectivity index (χ4n) is 3.90. The predicted molar refractivity (Wildman–Crippen MR) is 112 cm³/mol. The van der Waals surface area contributed by atoms with E-state index >= 15 is 0 Å². The second kappa shape index (κ2) is 7.73. The van der Waals surface area contributed by atoms with E-state index in [0.29, 0.717) is 6.04 Å². The minimum Gasteiger partial charge on any atom is -0.306 e. The van der Waals surface area contributed by atoms with Gasteiger partial charge >= 0.3 is 6.03 Å². The van der Waals surface area contributed by atoms with Gasteiger partial charge in [0.15, 0.2) is 0 Å². The van der Waals surface area contributed by atoms with E-state index in [-0.39, 0.29) is 6.03 Å². The molecular formula is C18H26N6OS2.